The van der Waals surface area contributed by atoms with Gasteiger partial charge in [-0.15, -0.1) is 12.8 Å². The van der Waals surface area contributed by atoms with Gasteiger partial charge in [0.2, 0.25) is 0 Å². The Kier molecular flexibility index (Phi) is 7.92. The van der Waals surface area contributed by atoms with Crippen molar-refractivity contribution >= 4 is 6.09 Å². The summed E-state index contributed by atoms with van der Waals surface area (Å²) in [5.41, 5.74) is 2.57. The van der Waals surface area contributed by atoms with Gasteiger partial charge in [-0.25, -0.2) is 4.79 Å². The third kappa shape index (κ3) is 5.55. The number of fused-ring (bicyclic) bond motifs is 1. The molecule has 1 aromatic rings. The van der Waals surface area contributed by atoms with E-state index in [1.807, 2.05) is 39.8 Å². The standard InChI is InChI=1S/C24H33N3O3/c1-8-13-26(14-9-2)21-12-11-18-15-19(17-27(29)24(4,5)6)22(16-20(18)21)30-23(28)25(7)10-3/h1-2,15-16,21,29H,10-14,17H2,3-7H3/t21-/m1/s1. The van der Waals surface area contributed by atoms with Crippen molar-refractivity contribution in [1.29, 1.82) is 0 Å². The Hall–Kier alpha value is -2.51. The van der Waals surface area contributed by atoms with Crippen molar-refractivity contribution in [1.82, 2.24) is 14.9 Å². The van der Waals surface area contributed by atoms with Crippen LogP contribution < -0.4 is 4.74 Å². The largest absolute Gasteiger partial charge is 0.414 e. The summed E-state index contributed by atoms with van der Waals surface area (Å²) in [6.45, 7) is 9.34. The van der Waals surface area contributed by atoms with Gasteiger partial charge in [0, 0.05) is 30.7 Å². The molecule has 6 nitrogen and oxygen atoms in total. The van der Waals surface area contributed by atoms with Crippen LogP contribution in [0.3, 0.4) is 0 Å². The molecule has 0 fully saturated rings. The quantitative estimate of drug-likeness (QED) is 0.548. The predicted octanol–water partition coefficient (Wildman–Crippen LogP) is 3.68. The van der Waals surface area contributed by atoms with Crippen LogP contribution in [0.2, 0.25) is 0 Å². The van der Waals surface area contributed by atoms with Gasteiger partial charge in [-0.05, 0) is 57.7 Å². The van der Waals surface area contributed by atoms with E-state index in [0.717, 1.165) is 24.0 Å². The van der Waals surface area contributed by atoms with E-state index in [9.17, 15) is 10.0 Å². The molecule has 1 atom stereocenters. The molecular weight excluding hydrogens is 378 g/mol. The minimum absolute atomic E-state index is 0.0790. The fourth-order valence-electron chi connectivity index (χ4n) is 3.47. The summed E-state index contributed by atoms with van der Waals surface area (Å²) < 4.78 is 5.74. The lowest BCUT2D eigenvalue weighted by molar-refractivity contribution is -0.164. The molecule has 2 rings (SSSR count). The lowest BCUT2D eigenvalue weighted by Crippen LogP contribution is -2.38. The molecule has 0 heterocycles. The Morgan fingerprint density at radius 3 is 2.43 bits per heavy atom. The molecule has 0 bridgehead atoms. The second-order valence-corrected chi connectivity index (χ2v) is 8.64. The lowest BCUT2D eigenvalue weighted by Gasteiger charge is -2.30. The van der Waals surface area contributed by atoms with Crippen molar-refractivity contribution in [3.63, 3.8) is 0 Å². The maximum atomic E-state index is 12.5. The van der Waals surface area contributed by atoms with Gasteiger partial charge in [0.15, 0.2) is 0 Å². The molecule has 0 spiro atoms. The number of hydrogen-bond acceptors (Lipinski definition) is 5. The number of hydroxylamine groups is 2. The monoisotopic (exact) mass is 411 g/mol. The minimum atomic E-state index is -0.445. The van der Waals surface area contributed by atoms with Crippen LogP contribution in [-0.2, 0) is 13.0 Å². The van der Waals surface area contributed by atoms with E-state index in [4.69, 9.17) is 17.6 Å². The highest BCUT2D eigenvalue weighted by atomic mass is 16.6. The highest BCUT2D eigenvalue weighted by Gasteiger charge is 2.30. The number of benzene rings is 1. The molecule has 1 N–H and O–H groups in total. The molecule has 0 aromatic heterocycles. The molecule has 0 radical (unpaired) electrons. The average Bonchev–Trinajstić information content (AvgIpc) is 3.09. The summed E-state index contributed by atoms with van der Waals surface area (Å²) in [6, 6.07) is 4.03. The summed E-state index contributed by atoms with van der Waals surface area (Å²) >= 11 is 0. The molecule has 1 aromatic carbocycles. The van der Waals surface area contributed by atoms with Crippen LogP contribution in [0.15, 0.2) is 12.1 Å². The fourth-order valence-corrected chi connectivity index (χ4v) is 3.47. The molecule has 1 aliphatic rings. The SMILES string of the molecule is C#CCN(CC#C)[C@@H]1CCc2cc(CN(O)C(C)(C)C)c(OC(=O)N(C)CC)cc21. The van der Waals surface area contributed by atoms with Crippen LogP contribution in [0.5, 0.6) is 5.75 Å². The van der Waals surface area contributed by atoms with E-state index >= 15 is 0 Å². The zero-order chi connectivity index (χ0) is 22.5. The second kappa shape index (κ2) is 10.00. The van der Waals surface area contributed by atoms with Gasteiger partial charge in [0.25, 0.3) is 0 Å². The first kappa shape index (κ1) is 23.8. The fraction of sp³-hybridized carbons (Fsp3) is 0.542. The molecule has 0 saturated carbocycles. The first-order valence-electron chi connectivity index (χ1n) is 10.3. The molecule has 162 valence electrons. The van der Waals surface area contributed by atoms with Crippen molar-refractivity contribution < 1.29 is 14.7 Å². The van der Waals surface area contributed by atoms with E-state index in [1.165, 1.54) is 15.5 Å². The smallest absolute Gasteiger partial charge is 0.410 e. The second-order valence-electron chi connectivity index (χ2n) is 8.64. The Balaban J connectivity index is 2.45. The van der Waals surface area contributed by atoms with E-state index < -0.39 is 11.6 Å². The maximum Gasteiger partial charge on any atom is 0.414 e. The number of nitrogens with zero attached hydrogens (tertiary/aromatic N) is 3. The molecule has 30 heavy (non-hydrogen) atoms. The van der Waals surface area contributed by atoms with Crippen LogP contribution in [0.25, 0.3) is 0 Å². The van der Waals surface area contributed by atoms with Gasteiger partial charge in [0.05, 0.1) is 19.6 Å². The lowest BCUT2D eigenvalue weighted by atomic mass is 10.0. The van der Waals surface area contributed by atoms with Gasteiger partial charge >= 0.3 is 6.09 Å². The van der Waals surface area contributed by atoms with E-state index in [0.29, 0.717) is 25.4 Å². The summed E-state index contributed by atoms with van der Waals surface area (Å²) in [5, 5.41) is 11.8. The topological polar surface area (TPSA) is 56.2 Å². The molecule has 1 aliphatic carbocycles. The van der Waals surface area contributed by atoms with Crippen LogP contribution >= 0.6 is 0 Å². The zero-order valence-electron chi connectivity index (χ0n) is 18.7. The number of aryl methyl sites for hydroxylation is 1. The van der Waals surface area contributed by atoms with E-state index in [-0.39, 0.29) is 12.6 Å². The molecule has 0 saturated heterocycles. The molecule has 0 aliphatic heterocycles. The van der Waals surface area contributed by atoms with Crippen molar-refractivity contribution in [2.75, 3.05) is 26.7 Å². The Bertz CT molecular complexity index is 829. The first-order valence-corrected chi connectivity index (χ1v) is 10.3. The van der Waals surface area contributed by atoms with Crippen molar-refractivity contribution in [2.45, 2.75) is 58.7 Å². The number of ether oxygens (including phenoxy) is 1. The number of hydrogen-bond donors (Lipinski definition) is 1. The first-order chi connectivity index (χ1) is 14.1. The Morgan fingerprint density at radius 1 is 1.27 bits per heavy atom. The number of rotatable bonds is 7. The highest BCUT2D eigenvalue weighted by molar-refractivity contribution is 5.71. The minimum Gasteiger partial charge on any atom is -0.410 e. The number of carbonyl (C=O) groups excluding carboxylic acids is 1. The summed E-state index contributed by atoms with van der Waals surface area (Å²) in [6.07, 6.45) is 12.4. The molecule has 6 heteroatoms. The summed E-state index contributed by atoms with van der Waals surface area (Å²) in [5.74, 6) is 5.82. The van der Waals surface area contributed by atoms with Gasteiger partial charge in [0.1, 0.15) is 5.75 Å². The Morgan fingerprint density at radius 2 is 1.90 bits per heavy atom. The molecule has 1 amide bonds. The number of carbonyl (C=O) groups is 1. The average molecular weight is 412 g/mol. The van der Waals surface area contributed by atoms with Gasteiger partial charge in [-0.2, -0.15) is 5.06 Å². The van der Waals surface area contributed by atoms with Crippen molar-refractivity contribution in [3.05, 3.63) is 28.8 Å². The van der Waals surface area contributed by atoms with E-state index in [1.54, 1.807) is 7.05 Å². The predicted molar refractivity (Wildman–Crippen MR) is 118 cm³/mol. The maximum absolute atomic E-state index is 12.5. The third-order valence-electron chi connectivity index (χ3n) is 5.48. The molecular formula is C24H33N3O3. The van der Waals surface area contributed by atoms with Crippen LogP contribution in [0.1, 0.15) is 56.8 Å². The van der Waals surface area contributed by atoms with Crippen LogP contribution in [-0.4, -0.2) is 58.4 Å². The number of amides is 1. The van der Waals surface area contributed by atoms with Crippen molar-refractivity contribution in [2.24, 2.45) is 0 Å². The van der Waals surface area contributed by atoms with Crippen molar-refractivity contribution in [3.8, 4) is 30.4 Å². The van der Waals surface area contributed by atoms with Gasteiger partial charge in [-0.3, -0.25) is 4.90 Å². The van der Waals surface area contributed by atoms with Crippen LogP contribution in [0.4, 0.5) is 4.79 Å². The van der Waals surface area contributed by atoms with Crippen LogP contribution in [0, 0.1) is 24.7 Å². The van der Waals surface area contributed by atoms with E-state index in [2.05, 4.69) is 16.7 Å². The normalized spacial score (nSPS) is 15.6. The molecule has 0 unspecified atom stereocenters. The summed E-state index contributed by atoms with van der Waals surface area (Å²) in [4.78, 5) is 16.0. The number of terminal acetylenes is 2. The van der Waals surface area contributed by atoms with Gasteiger partial charge in [-0.1, -0.05) is 17.9 Å². The Labute approximate surface area is 180 Å². The van der Waals surface area contributed by atoms with Gasteiger partial charge < -0.3 is 14.8 Å². The summed E-state index contributed by atoms with van der Waals surface area (Å²) in [7, 11) is 1.69. The zero-order valence-corrected chi connectivity index (χ0v) is 18.7. The highest BCUT2D eigenvalue weighted by Crippen LogP contribution is 2.40. The third-order valence-corrected chi connectivity index (χ3v) is 5.48.